The van der Waals surface area contributed by atoms with Gasteiger partial charge in [-0.3, -0.25) is 0 Å². The number of anilines is 1. The Hall–Kier alpha value is -2.08. The summed E-state index contributed by atoms with van der Waals surface area (Å²) in [6, 6.07) is 11.1. The molecule has 1 heterocycles. The average molecular weight is 334 g/mol. The van der Waals surface area contributed by atoms with Crippen LogP contribution in [0.5, 0.6) is 5.75 Å². The van der Waals surface area contributed by atoms with Crippen molar-refractivity contribution in [3.8, 4) is 5.75 Å². The Kier molecular flexibility index (Phi) is 5.60. The fraction of sp³-hybridized carbons (Fsp3) is 0.353. The van der Waals surface area contributed by atoms with E-state index in [1.54, 1.807) is 18.3 Å². The first-order chi connectivity index (χ1) is 10.9. The maximum Gasteiger partial charge on any atom is 0.179 e. The van der Waals surface area contributed by atoms with E-state index in [1.807, 2.05) is 24.3 Å². The van der Waals surface area contributed by atoms with Gasteiger partial charge in [0.2, 0.25) is 0 Å². The number of para-hydroxylation sites is 1. The monoisotopic (exact) mass is 334 g/mol. The van der Waals surface area contributed by atoms with Crippen molar-refractivity contribution in [3.05, 3.63) is 48.2 Å². The second-order valence-electron chi connectivity index (χ2n) is 5.59. The first-order valence-corrected chi connectivity index (χ1v) is 9.39. The van der Waals surface area contributed by atoms with E-state index < -0.39 is 9.84 Å². The average Bonchev–Trinajstić information content (AvgIpc) is 2.51. The molecule has 2 rings (SSSR count). The highest BCUT2D eigenvalue weighted by Gasteiger charge is 2.13. The third-order valence-electron chi connectivity index (χ3n) is 3.36. The predicted octanol–water partition coefficient (Wildman–Crippen LogP) is 3.10. The Morgan fingerprint density at radius 1 is 1.17 bits per heavy atom. The number of benzene rings is 1. The van der Waals surface area contributed by atoms with E-state index in [1.165, 1.54) is 6.26 Å². The number of rotatable bonds is 7. The maximum absolute atomic E-state index is 11.7. The lowest BCUT2D eigenvalue weighted by Gasteiger charge is -2.14. The van der Waals surface area contributed by atoms with Gasteiger partial charge >= 0.3 is 0 Å². The molecule has 0 spiro atoms. The van der Waals surface area contributed by atoms with E-state index in [0.717, 1.165) is 11.3 Å². The zero-order valence-corrected chi connectivity index (χ0v) is 14.4. The van der Waals surface area contributed by atoms with Crippen molar-refractivity contribution in [2.24, 2.45) is 0 Å². The van der Waals surface area contributed by atoms with Gasteiger partial charge in [0.05, 0.1) is 6.54 Å². The van der Waals surface area contributed by atoms with Crippen LogP contribution in [0.3, 0.4) is 0 Å². The van der Waals surface area contributed by atoms with Crippen LogP contribution in [-0.2, 0) is 9.84 Å². The molecule has 0 fully saturated rings. The van der Waals surface area contributed by atoms with Crippen molar-refractivity contribution in [2.75, 3.05) is 24.7 Å². The van der Waals surface area contributed by atoms with Crippen LogP contribution < -0.4 is 10.1 Å². The number of sulfone groups is 1. The summed E-state index contributed by atoms with van der Waals surface area (Å²) in [6.45, 7) is 5.12. The smallest absolute Gasteiger partial charge is 0.179 e. The lowest BCUT2D eigenvalue weighted by Crippen LogP contribution is -2.15. The van der Waals surface area contributed by atoms with Gasteiger partial charge in [0.25, 0.3) is 0 Å². The molecule has 1 aromatic heterocycles. The summed E-state index contributed by atoms with van der Waals surface area (Å²) in [4.78, 5) is 4.29. The molecular formula is C17H22N2O3S. The van der Waals surface area contributed by atoms with E-state index >= 15 is 0 Å². The lowest BCUT2D eigenvalue weighted by atomic mass is 10.0. The number of pyridine rings is 1. The van der Waals surface area contributed by atoms with Gasteiger partial charge < -0.3 is 10.1 Å². The van der Waals surface area contributed by atoms with Crippen molar-refractivity contribution in [3.63, 3.8) is 0 Å². The molecule has 0 aliphatic carbocycles. The zero-order valence-electron chi connectivity index (χ0n) is 13.6. The van der Waals surface area contributed by atoms with Gasteiger partial charge in [-0.1, -0.05) is 32.0 Å². The molecule has 2 aromatic rings. The van der Waals surface area contributed by atoms with Crippen LogP contribution >= 0.6 is 0 Å². The van der Waals surface area contributed by atoms with Gasteiger partial charge in [-0.2, -0.15) is 0 Å². The Balaban J connectivity index is 1.97. The molecule has 124 valence electrons. The second kappa shape index (κ2) is 7.46. The molecule has 0 radical (unpaired) electrons. The minimum absolute atomic E-state index is 0.197. The second-order valence-corrected chi connectivity index (χ2v) is 7.57. The summed E-state index contributed by atoms with van der Waals surface area (Å²) in [7, 11) is -3.31. The van der Waals surface area contributed by atoms with E-state index in [9.17, 15) is 8.42 Å². The first-order valence-electron chi connectivity index (χ1n) is 7.50. The van der Waals surface area contributed by atoms with Crippen LogP contribution in [0.1, 0.15) is 25.3 Å². The minimum atomic E-state index is -3.31. The minimum Gasteiger partial charge on any atom is -0.491 e. The Labute approximate surface area is 137 Å². The molecule has 23 heavy (non-hydrogen) atoms. The van der Waals surface area contributed by atoms with Crippen molar-refractivity contribution >= 4 is 15.7 Å². The number of ether oxygens (including phenoxy) is 1. The first kappa shape index (κ1) is 17.3. The van der Waals surface area contributed by atoms with Gasteiger partial charge in [-0.15, -0.1) is 0 Å². The highest BCUT2D eigenvalue weighted by molar-refractivity contribution is 7.90. The van der Waals surface area contributed by atoms with Crippen LogP contribution in [0.15, 0.2) is 47.5 Å². The SMILES string of the molecule is CC(C)c1ccccc1OCCNc1ncccc1S(C)(=O)=O. The van der Waals surface area contributed by atoms with Gasteiger partial charge in [0.15, 0.2) is 9.84 Å². The molecule has 0 atom stereocenters. The summed E-state index contributed by atoms with van der Waals surface area (Å²) in [6.07, 6.45) is 2.73. The molecule has 0 aliphatic rings. The van der Waals surface area contributed by atoms with Crippen molar-refractivity contribution < 1.29 is 13.2 Å². The van der Waals surface area contributed by atoms with Gasteiger partial charge in [-0.05, 0) is 29.7 Å². The highest BCUT2D eigenvalue weighted by Crippen LogP contribution is 2.25. The molecular weight excluding hydrogens is 312 g/mol. The van der Waals surface area contributed by atoms with E-state index in [4.69, 9.17) is 4.74 Å². The number of aromatic nitrogens is 1. The Morgan fingerprint density at radius 2 is 1.91 bits per heavy atom. The molecule has 0 aliphatic heterocycles. The molecule has 0 saturated carbocycles. The van der Waals surface area contributed by atoms with Crippen LogP contribution in [-0.4, -0.2) is 32.8 Å². The molecule has 6 heteroatoms. The quantitative estimate of drug-likeness (QED) is 0.788. The number of hydrogen-bond donors (Lipinski definition) is 1. The maximum atomic E-state index is 11.7. The molecule has 0 saturated heterocycles. The summed E-state index contributed by atoms with van der Waals surface area (Å²) in [5, 5.41) is 3.02. The fourth-order valence-corrected chi connectivity index (χ4v) is 3.04. The zero-order chi connectivity index (χ0) is 16.9. The Morgan fingerprint density at radius 3 is 2.61 bits per heavy atom. The number of hydrogen-bond acceptors (Lipinski definition) is 5. The third kappa shape index (κ3) is 4.69. The summed E-state index contributed by atoms with van der Waals surface area (Å²) in [5.74, 6) is 1.59. The van der Waals surface area contributed by atoms with Crippen LogP contribution in [0, 0.1) is 0 Å². The normalized spacial score (nSPS) is 11.5. The molecule has 0 amide bonds. The molecule has 0 bridgehead atoms. The van der Waals surface area contributed by atoms with Crippen LogP contribution in [0.4, 0.5) is 5.82 Å². The standard InChI is InChI=1S/C17H22N2O3S/c1-13(2)14-7-4-5-8-15(14)22-12-11-19-17-16(23(3,20)21)9-6-10-18-17/h4-10,13H,11-12H2,1-3H3,(H,18,19). The van der Waals surface area contributed by atoms with Crippen molar-refractivity contribution in [1.82, 2.24) is 4.98 Å². The van der Waals surface area contributed by atoms with E-state index in [-0.39, 0.29) is 4.90 Å². The van der Waals surface area contributed by atoms with Crippen molar-refractivity contribution in [2.45, 2.75) is 24.7 Å². The topological polar surface area (TPSA) is 68.3 Å². The molecule has 0 unspecified atom stereocenters. The predicted molar refractivity (Wildman–Crippen MR) is 91.9 cm³/mol. The highest BCUT2D eigenvalue weighted by atomic mass is 32.2. The van der Waals surface area contributed by atoms with Gasteiger partial charge in [0.1, 0.15) is 23.1 Å². The molecule has 1 N–H and O–H groups in total. The van der Waals surface area contributed by atoms with Crippen LogP contribution in [0.25, 0.3) is 0 Å². The molecule has 5 nitrogen and oxygen atoms in total. The van der Waals surface area contributed by atoms with E-state index in [2.05, 4.69) is 24.1 Å². The largest absolute Gasteiger partial charge is 0.491 e. The van der Waals surface area contributed by atoms with Gasteiger partial charge in [0, 0.05) is 12.5 Å². The Bertz CT molecular complexity index is 758. The van der Waals surface area contributed by atoms with E-state index in [0.29, 0.717) is 24.9 Å². The van der Waals surface area contributed by atoms with Crippen molar-refractivity contribution in [1.29, 1.82) is 0 Å². The number of nitrogens with one attached hydrogen (secondary N) is 1. The summed E-state index contributed by atoms with van der Waals surface area (Å²) in [5.41, 5.74) is 1.15. The summed E-state index contributed by atoms with van der Waals surface area (Å²) >= 11 is 0. The fourth-order valence-electron chi connectivity index (χ4n) is 2.24. The molecule has 1 aromatic carbocycles. The number of nitrogens with zero attached hydrogens (tertiary/aromatic N) is 1. The van der Waals surface area contributed by atoms with Crippen LogP contribution in [0.2, 0.25) is 0 Å². The third-order valence-corrected chi connectivity index (χ3v) is 4.49. The summed E-state index contributed by atoms with van der Waals surface area (Å²) < 4.78 is 29.2. The lowest BCUT2D eigenvalue weighted by molar-refractivity contribution is 0.328. The van der Waals surface area contributed by atoms with Gasteiger partial charge in [-0.25, -0.2) is 13.4 Å².